The first-order valence-corrected chi connectivity index (χ1v) is 12.5. The van der Waals surface area contributed by atoms with Crippen LogP contribution in [0.5, 0.6) is 5.75 Å². The smallest absolute Gasteiger partial charge is 0.406 e. The molecule has 1 aromatic heterocycles. The number of hydrogen-bond donors (Lipinski definition) is 0. The zero-order chi connectivity index (χ0) is 26.9. The van der Waals surface area contributed by atoms with E-state index in [1.165, 1.54) is 24.3 Å². The van der Waals surface area contributed by atoms with Gasteiger partial charge >= 0.3 is 12.4 Å². The Balaban J connectivity index is 1.40. The number of alkyl halides is 3. The molecule has 0 N–H and O–H groups in total. The molecule has 2 aromatic carbocycles. The summed E-state index contributed by atoms with van der Waals surface area (Å²) in [6.45, 7) is 2.78. The minimum absolute atomic E-state index is 0.00397. The Hall–Kier alpha value is -3.31. The van der Waals surface area contributed by atoms with Crippen LogP contribution in [0.25, 0.3) is 5.69 Å². The summed E-state index contributed by atoms with van der Waals surface area (Å²) in [6, 6.07) is 10.0. The van der Waals surface area contributed by atoms with Crippen LogP contribution in [0.2, 0.25) is 5.02 Å². The predicted octanol–water partition coefficient (Wildman–Crippen LogP) is 5.59. The lowest BCUT2D eigenvalue weighted by molar-refractivity contribution is -0.274. The number of piperidine rings is 1. The van der Waals surface area contributed by atoms with Crippen LogP contribution in [-0.2, 0) is 4.74 Å². The number of amides is 2. The van der Waals surface area contributed by atoms with Crippen molar-refractivity contribution in [1.82, 2.24) is 19.4 Å². The maximum Gasteiger partial charge on any atom is 0.573 e. The van der Waals surface area contributed by atoms with E-state index in [4.69, 9.17) is 16.3 Å². The molecule has 0 spiro atoms. The maximum absolute atomic E-state index is 13.6. The number of likely N-dealkylation sites (tertiary alicyclic amines) is 1. The number of halogens is 5. The molecule has 0 bridgehead atoms. The van der Waals surface area contributed by atoms with E-state index in [2.05, 4.69) is 9.72 Å². The largest absolute Gasteiger partial charge is 0.573 e. The molecule has 2 unspecified atom stereocenters. The van der Waals surface area contributed by atoms with Gasteiger partial charge in [0.05, 0.1) is 30.3 Å². The molecular weight excluding hydrogens is 528 g/mol. The molecule has 7 nitrogen and oxygen atoms in total. The quantitative estimate of drug-likeness (QED) is 0.396. The zero-order valence-electron chi connectivity index (χ0n) is 20.2. The fourth-order valence-electron chi connectivity index (χ4n) is 4.94. The van der Waals surface area contributed by atoms with Gasteiger partial charge < -0.3 is 23.8 Å². The minimum atomic E-state index is -4.77. The van der Waals surface area contributed by atoms with E-state index < -0.39 is 12.2 Å². The summed E-state index contributed by atoms with van der Waals surface area (Å²) in [5.41, 5.74) is 2.18. The highest BCUT2D eigenvalue weighted by atomic mass is 35.5. The van der Waals surface area contributed by atoms with E-state index >= 15 is 0 Å². The number of aromatic nitrogens is 2. The fourth-order valence-corrected chi connectivity index (χ4v) is 5.12. The third-order valence-corrected chi connectivity index (χ3v) is 7.10. The molecular formula is C26H25ClF4N4O3. The summed E-state index contributed by atoms with van der Waals surface area (Å²) < 4.78 is 62.6. The number of carbonyl (C=O) groups excluding carboxylic acids is 1. The lowest BCUT2D eigenvalue weighted by Gasteiger charge is -2.40. The van der Waals surface area contributed by atoms with Crippen LogP contribution in [0.4, 0.5) is 22.4 Å². The van der Waals surface area contributed by atoms with Crippen molar-refractivity contribution in [3.8, 4) is 11.4 Å². The number of hydrogen-bond acceptors (Lipinski definition) is 4. The molecule has 0 aliphatic carbocycles. The second-order valence-corrected chi connectivity index (χ2v) is 9.74. The van der Waals surface area contributed by atoms with Crippen LogP contribution in [-0.4, -0.2) is 71.1 Å². The maximum atomic E-state index is 13.6. The lowest BCUT2D eigenvalue weighted by Crippen LogP contribution is -2.52. The summed E-state index contributed by atoms with van der Waals surface area (Å²) >= 11 is 5.94. The molecule has 3 heterocycles. The highest BCUT2D eigenvalue weighted by Crippen LogP contribution is 2.37. The van der Waals surface area contributed by atoms with Crippen LogP contribution in [0.1, 0.15) is 29.5 Å². The Morgan fingerprint density at radius 1 is 1.03 bits per heavy atom. The second-order valence-electron chi connectivity index (χ2n) is 9.34. The number of morpholine rings is 1. The zero-order valence-corrected chi connectivity index (χ0v) is 21.0. The molecule has 202 valence electrons. The van der Waals surface area contributed by atoms with Gasteiger partial charge in [0.25, 0.3) is 0 Å². The summed E-state index contributed by atoms with van der Waals surface area (Å²) in [5.74, 6) is -1.09. The average Bonchev–Trinajstić information content (AvgIpc) is 3.40. The van der Waals surface area contributed by atoms with Crippen molar-refractivity contribution < 1.29 is 31.8 Å². The van der Waals surface area contributed by atoms with Crippen LogP contribution >= 0.6 is 11.6 Å². The highest BCUT2D eigenvalue weighted by Gasteiger charge is 2.35. The minimum Gasteiger partial charge on any atom is -0.406 e. The van der Waals surface area contributed by atoms with Gasteiger partial charge in [0.2, 0.25) is 0 Å². The molecule has 12 heteroatoms. The Labute approximate surface area is 221 Å². The molecule has 38 heavy (non-hydrogen) atoms. The van der Waals surface area contributed by atoms with Gasteiger partial charge in [0, 0.05) is 49.9 Å². The number of carbonyl (C=O) groups is 1. The van der Waals surface area contributed by atoms with Crippen LogP contribution in [0, 0.1) is 5.82 Å². The second kappa shape index (κ2) is 10.8. The Morgan fingerprint density at radius 3 is 2.42 bits per heavy atom. The van der Waals surface area contributed by atoms with E-state index in [9.17, 15) is 22.4 Å². The molecule has 5 rings (SSSR count). The van der Waals surface area contributed by atoms with Crippen LogP contribution in [0.15, 0.2) is 55.0 Å². The van der Waals surface area contributed by atoms with E-state index in [-0.39, 0.29) is 28.6 Å². The molecule has 0 saturated carbocycles. The SMILES string of the molecule is O=C(N1CCOCC1)N1CC(c2ccc(OC(F)(F)F)cc2)CC(c2cn(-c3ccc(F)c(Cl)c3)cn2)C1. The molecule has 2 amide bonds. The van der Waals surface area contributed by atoms with Gasteiger partial charge in [0.1, 0.15) is 11.6 Å². The van der Waals surface area contributed by atoms with E-state index in [0.717, 1.165) is 11.3 Å². The van der Waals surface area contributed by atoms with Crippen molar-refractivity contribution in [2.45, 2.75) is 24.6 Å². The van der Waals surface area contributed by atoms with Gasteiger partial charge in [-0.2, -0.15) is 0 Å². The van der Waals surface area contributed by atoms with Crippen LogP contribution in [0.3, 0.4) is 0 Å². The lowest BCUT2D eigenvalue weighted by atomic mass is 9.83. The van der Waals surface area contributed by atoms with Crippen LogP contribution < -0.4 is 4.74 Å². The van der Waals surface area contributed by atoms with Crippen molar-refractivity contribution in [3.63, 3.8) is 0 Å². The average molecular weight is 553 g/mol. The molecule has 2 aliphatic rings. The van der Waals surface area contributed by atoms with Gasteiger partial charge in [-0.15, -0.1) is 13.2 Å². The molecule has 2 atom stereocenters. The van der Waals surface area contributed by atoms with Gasteiger partial charge in [-0.25, -0.2) is 14.2 Å². The molecule has 3 aromatic rings. The first-order chi connectivity index (χ1) is 18.2. The molecule has 0 radical (unpaired) electrons. The standard InChI is InChI=1S/C26H25ClF4N4O3/c27-22-12-20(3-6-23(22)28)35-15-24(32-16-35)19-11-18(17-1-4-21(5-2-17)38-26(29,30)31)13-34(14-19)25(36)33-7-9-37-10-8-33/h1-6,12,15-16,18-19H,7-11,13-14H2. The monoisotopic (exact) mass is 552 g/mol. The van der Waals surface area contributed by atoms with Gasteiger partial charge in [0.15, 0.2) is 0 Å². The summed E-state index contributed by atoms with van der Waals surface area (Å²) in [6.07, 6.45) is -0.700. The van der Waals surface area contributed by atoms with Crippen molar-refractivity contribution in [2.75, 3.05) is 39.4 Å². The number of imidazole rings is 1. The van der Waals surface area contributed by atoms with Gasteiger partial charge in [-0.1, -0.05) is 23.7 Å². The predicted molar refractivity (Wildman–Crippen MR) is 131 cm³/mol. The Kier molecular flexibility index (Phi) is 7.49. The van der Waals surface area contributed by atoms with Crippen molar-refractivity contribution >= 4 is 17.6 Å². The summed E-state index contributed by atoms with van der Waals surface area (Å²) in [7, 11) is 0. The third kappa shape index (κ3) is 6.05. The van der Waals surface area contributed by atoms with E-state index in [1.54, 1.807) is 38.9 Å². The summed E-state index contributed by atoms with van der Waals surface area (Å²) in [4.78, 5) is 21.5. The first-order valence-electron chi connectivity index (χ1n) is 12.1. The highest BCUT2D eigenvalue weighted by molar-refractivity contribution is 6.30. The number of benzene rings is 2. The van der Waals surface area contributed by atoms with Crippen molar-refractivity contribution in [3.05, 3.63) is 77.1 Å². The van der Waals surface area contributed by atoms with E-state index in [0.29, 0.717) is 51.5 Å². The summed E-state index contributed by atoms with van der Waals surface area (Å²) in [5, 5.41) is -0.00397. The molecule has 2 aliphatic heterocycles. The number of nitrogens with zero attached hydrogens (tertiary/aromatic N) is 4. The molecule has 2 saturated heterocycles. The van der Waals surface area contributed by atoms with E-state index in [1.807, 2.05) is 6.20 Å². The Morgan fingerprint density at radius 2 is 1.74 bits per heavy atom. The third-order valence-electron chi connectivity index (χ3n) is 6.81. The van der Waals surface area contributed by atoms with Gasteiger partial charge in [-0.3, -0.25) is 0 Å². The molecule has 2 fully saturated rings. The Bertz CT molecular complexity index is 1280. The van der Waals surface area contributed by atoms with Crippen molar-refractivity contribution in [1.29, 1.82) is 0 Å². The van der Waals surface area contributed by atoms with Crippen molar-refractivity contribution in [2.24, 2.45) is 0 Å². The fraction of sp³-hybridized carbons (Fsp3) is 0.385. The number of rotatable bonds is 4. The topological polar surface area (TPSA) is 59.8 Å². The van der Waals surface area contributed by atoms with Gasteiger partial charge in [-0.05, 0) is 42.3 Å². The normalized spacial score (nSPS) is 20.4. The number of ether oxygens (including phenoxy) is 2. The number of urea groups is 1. The first kappa shape index (κ1) is 26.3.